The van der Waals surface area contributed by atoms with Crippen molar-refractivity contribution in [3.63, 3.8) is 0 Å². The molecule has 0 fully saturated rings. The first-order valence-electron chi connectivity index (χ1n) is 9.16. The van der Waals surface area contributed by atoms with Gasteiger partial charge in [0.05, 0.1) is 20.4 Å². The van der Waals surface area contributed by atoms with Gasteiger partial charge in [-0.25, -0.2) is 0 Å². The lowest BCUT2D eigenvalue weighted by Gasteiger charge is -2.09. The summed E-state index contributed by atoms with van der Waals surface area (Å²) in [7, 11) is 0. The molecule has 1 aromatic heterocycles. The molecule has 0 atom stereocenters. The Balaban J connectivity index is 1.78. The van der Waals surface area contributed by atoms with Crippen molar-refractivity contribution in [3.8, 4) is 16.8 Å². The third-order valence-corrected chi connectivity index (χ3v) is 5.80. The molecule has 0 aliphatic rings. The van der Waals surface area contributed by atoms with Crippen molar-refractivity contribution in [2.45, 2.75) is 0 Å². The summed E-state index contributed by atoms with van der Waals surface area (Å²) in [5.74, 6) is 0. The number of rotatable bonds is 3. The second kappa shape index (κ2) is 6.87. The molecule has 0 saturated heterocycles. The Hall–Kier alpha value is -3.44. The SMILES string of the molecule is O=[N+]([O-])c1ccc(-c2ccc3c4ccccc4n(-c4ccccc4)c3c2)cc1Br. The highest BCUT2D eigenvalue weighted by atomic mass is 79.9. The van der Waals surface area contributed by atoms with E-state index in [4.69, 9.17) is 0 Å². The van der Waals surface area contributed by atoms with Gasteiger partial charge in [0.2, 0.25) is 0 Å². The molecule has 1 heterocycles. The third kappa shape index (κ3) is 2.91. The largest absolute Gasteiger partial charge is 0.309 e. The minimum Gasteiger partial charge on any atom is -0.309 e. The molecule has 5 rings (SSSR count). The summed E-state index contributed by atoms with van der Waals surface area (Å²) < 4.78 is 2.73. The van der Waals surface area contributed by atoms with Crippen LogP contribution in [0.4, 0.5) is 5.69 Å². The molecule has 0 amide bonds. The number of fused-ring (bicyclic) bond motifs is 3. The summed E-state index contributed by atoms with van der Waals surface area (Å²) in [6, 6.07) is 30.1. The Morgan fingerprint density at radius 1 is 0.724 bits per heavy atom. The number of aromatic nitrogens is 1. The van der Waals surface area contributed by atoms with E-state index < -0.39 is 0 Å². The van der Waals surface area contributed by atoms with Crippen LogP contribution < -0.4 is 0 Å². The van der Waals surface area contributed by atoms with Crippen molar-refractivity contribution < 1.29 is 4.92 Å². The predicted molar refractivity (Wildman–Crippen MR) is 121 cm³/mol. The Kier molecular flexibility index (Phi) is 4.18. The standard InChI is InChI=1S/C24H15BrN2O2/c25-21-14-16(11-13-23(21)27(28)29)17-10-12-20-19-8-4-5-9-22(19)26(24(20)15-17)18-6-2-1-3-7-18/h1-15H. The zero-order valence-corrected chi connectivity index (χ0v) is 16.8. The molecule has 4 nitrogen and oxygen atoms in total. The minimum absolute atomic E-state index is 0.0632. The monoisotopic (exact) mass is 442 g/mol. The number of nitro benzene ring substituents is 1. The average Bonchev–Trinajstić information content (AvgIpc) is 3.07. The summed E-state index contributed by atoms with van der Waals surface area (Å²) in [4.78, 5) is 10.7. The normalized spacial score (nSPS) is 11.2. The average molecular weight is 443 g/mol. The lowest BCUT2D eigenvalue weighted by atomic mass is 10.0. The number of hydrogen-bond donors (Lipinski definition) is 0. The van der Waals surface area contributed by atoms with Crippen molar-refractivity contribution in [1.82, 2.24) is 4.57 Å². The van der Waals surface area contributed by atoms with Crippen LogP contribution in [-0.4, -0.2) is 9.49 Å². The van der Waals surface area contributed by atoms with E-state index >= 15 is 0 Å². The second-order valence-corrected chi connectivity index (χ2v) is 7.70. The fraction of sp³-hybridized carbons (Fsp3) is 0. The number of nitrogens with zero attached hydrogens (tertiary/aromatic N) is 2. The maximum Gasteiger partial charge on any atom is 0.283 e. The maximum absolute atomic E-state index is 11.1. The van der Waals surface area contributed by atoms with Gasteiger partial charge < -0.3 is 4.57 Å². The van der Waals surface area contributed by atoms with Crippen LogP contribution in [0.3, 0.4) is 0 Å². The van der Waals surface area contributed by atoms with Crippen molar-refractivity contribution in [2.24, 2.45) is 0 Å². The van der Waals surface area contributed by atoms with E-state index in [0.717, 1.165) is 27.8 Å². The van der Waals surface area contributed by atoms with Crippen LogP contribution in [0.1, 0.15) is 0 Å². The predicted octanol–water partition coefficient (Wildman–Crippen LogP) is 7.12. The van der Waals surface area contributed by atoms with Gasteiger partial charge in [0, 0.05) is 22.5 Å². The Morgan fingerprint density at radius 2 is 1.38 bits per heavy atom. The Labute approximate surface area is 175 Å². The van der Waals surface area contributed by atoms with Gasteiger partial charge >= 0.3 is 0 Å². The van der Waals surface area contributed by atoms with Crippen molar-refractivity contribution in [3.05, 3.63) is 106 Å². The van der Waals surface area contributed by atoms with Gasteiger partial charge in [-0.05, 0) is 63.5 Å². The van der Waals surface area contributed by atoms with Crippen molar-refractivity contribution in [1.29, 1.82) is 0 Å². The molecule has 140 valence electrons. The first kappa shape index (κ1) is 17.6. The molecule has 29 heavy (non-hydrogen) atoms. The van der Waals surface area contributed by atoms with Crippen LogP contribution in [-0.2, 0) is 0 Å². The van der Waals surface area contributed by atoms with Crippen LogP contribution in [0.5, 0.6) is 0 Å². The maximum atomic E-state index is 11.1. The molecule has 0 aliphatic carbocycles. The number of halogens is 1. The van der Waals surface area contributed by atoms with Crippen LogP contribution in [0.25, 0.3) is 38.6 Å². The molecule has 4 aromatic carbocycles. The van der Waals surface area contributed by atoms with E-state index in [1.54, 1.807) is 12.1 Å². The van der Waals surface area contributed by atoms with Crippen molar-refractivity contribution in [2.75, 3.05) is 0 Å². The summed E-state index contributed by atoms with van der Waals surface area (Å²) in [5.41, 5.74) is 5.34. The Morgan fingerprint density at radius 3 is 2.14 bits per heavy atom. The van der Waals surface area contributed by atoms with Gasteiger partial charge in [0.25, 0.3) is 5.69 Å². The van der Waals surface area contributed by atoms with Gasteiger partial charge in [-0.3, -0.25) is 10.1 Å². The summed E-state index contributed by atoms with van der Waals surface area (Å²) in [6.07, 6.45) is 0. The van der Waals surface area contributed by atoms with Gasteiger partial charge in [-0.2, -0.15) is 0 Å². The number of nitro groups is 1. The minimum atomic E-state index is -0.385. The smallest absolute Gasteiger partial charge is 0.283 e. The number of benzene rings is 4. The van der Waals surface area contributed by atoms with Gasteiger partial charge in [-0.15, -0.1) is 0 Å². The quantitative estimate of drug-likeness (QED) is 0.220. The van der Waals surface area contributed by atoms with Crippen LogP contribution in [0.15, 0.2) is 95.5 Å². The number of para-hydroxylation sites is 2. The molecular formula is C24H15BrN2O2. The van der Waals surface area contributed by atoms with E-state index in [1.807, 2.05) is 18.2 Å². The molecule has 0 spiro atoms. The lowest BCUT2D eigenvalue weighted by molar-refractivity contribution is -0.385. The van der Waals surface area contributed by atoms with E-state index in [2.05, 4.69) is 75.1 Å². The molecule has 0 bridgehead atoms. The molecule has 5 aromatic rings. The molecule has 0 saturated carbocycles. The van der Waals surface area contributed by atoms with E-state index in [-0.39, 0.29) is 10.6 Å². The van der Waals surface area contributed by atoms with Crippen molar-refractivity contribution >= 4 is 43.4 Å². The first-order chi connectivity index (χ1) is 14.1. The van der Waals surface area contributed by atoms with Crippen LogP contribution >= 0.6 is 15.9 Å². The third-order valence-electron chi connectivity index (χ3n) is 5.17. The lowest BCUT2D eigenvalue weighted by Crippen LogP contribution is -1.93. The molecule has 5 heteroatoms. The van der Waals surface area contributed by atoms with E-state index in [1.165, 1.54) is 16.8 Å². The molecular weight excluding hydrogens is 428 g/mol. The highest BCUT2D eigenvalue weighted by molar-refractivity contribution is 9.10. The van der Waals surface area contributed by atoms with Crippen LogP contribution in [0.2, 0.25) is 0 Å². The highest BCUT2D eigenvalue weighted by Gasteiger charge is 2.15. The fourth-order valence-corrected chi connectivity index (χ4v) is 4.36. The number of hydrogen-bond acceptors (Lipinski definition) is 2. The summed E-state index contributed by atoms with van der Waals surface area (Å²) in [5, 5.41) is 13.5. The summed E-state index contributed by atoms with van der Waals surface area (Å²) >= 11 is 3.33. The van der Waals surface area contributed by atoms with Gasteiger partial charge in [0.15, 0.2) is 0 Å². The zero-order chi connectivity index (χ0) is 20.0. The van der Waals surface area contributed by atoms with E-state index in [0.29, 0.717) is 4.47 Å². The topological polar surface area (TPSA) is 48.1 Å². The second-order valence-electron chi connectivity index (χ2n) is 6.84. The van der Waals surface area contributed by atoms with Crippen LogP contribution in [0, 0.1) is 10.1 Å². The summed E-state index contributed by atoms with van der Waals surface area (Å²) in [6.45, 7) is 0. The zero-order valence-electron chi connectivity index (χ0n) is 15.2. The molecule has 0 aliphatic heterocycles. The molecule has 0 N–H and O–H groups in total. The van der Waals surface area contributed by atoms with Gasteiger partial charge in [0.1, 0.15) is 0 Å². The Bertz CT molecular complexity index is 1390. The van der Waals surface area contributed by atoms with E-state index in [9.17, 15) is 10.1 Å². The molecule has 0 radical (unpaired) electrons. The first-order valence-corrected chi connectivity index (χ1v) is 9.96. The highest BCUT2D eigenvalue weighted by Crippen LogP contribution is 2.36. The molecule has 0 unspecified atom stereocenters. The fourth-order valence-electron chi connectivity index (χ4n) is 3.84. The van der Waals surface area contributed by atoms with Gasteiger partial charge in [-0.1, -0.05) is 48.5 Å².